The van der Waals surface area contributed by atoms with Crippen LogP contribution in [0.3, 0.4) is 0 Å². The number of nitrogens with zero attached hydrogens (tertiary/aromatic N) is 2. The molecule has 1 rings (SSSR count). The minimum absolute atomic E-state index is 0.0769. The maximum Gasteiger partial charge on any atom is 0.155 e. The number of aliphatic hydroxyl groups is 1. The normalized spacial score (nSPS) is 10.7. The highest BCUT2D eigenvalue weighted by atomic mass is 16.5. The van der Waals surface area contributed by atoms with Gasteiger partial charge in [-0.3, -0.25) is 0 Å². The minimum Gasteiger partial charge on any atom is -0.490 e. The first-order valence-electron chi connectivity index (χ1n) is 5.27. The predicted octanol–water partition coefficient (Wildman–Crippen LogP) is 1.44. The first-order chi connectivity index (χ1) is 7.22. The van der Waals surface area contributed by atoms with Crippen LogP contribution < -0.4 is 4.74 Å². The Kier molecular flexibility index (Phi) is 5.04. The van der Waals surface area contributed by atoms with Crippen LogP contribution in [0.5, 0.6) is 5.75 Å². The minimum atomic E-state index is 0.0769. The zero-order valence-corrected chi connectivity index (χ0v) is 9.31. The van der Waals surface area contributed by atoms with Crippen LogP contribution in [-0.4, -0.2) is 28.3 Å². The Bertz CT molecular complexity index is 272. The highest BCUT2D eigenvalue weighted by Gasteiger charge is 1.99. The molecular formula is C11H18N2O2. The van der Waals surface area contributed by atoms with E-state index in [0.717, 1.165) is 6.42 Å². The molecule has 1 aromatic rings. The molecule has 0 saturated carbocycles. The lowest BCUT2D eigenvalue weighted by atomic mass is 10.1. The SMILES string of the molecule is CC(C)CCOc1cnc(CCO)nc1. The summed E-state index contributed by atoms with van der Waals surface area (Å²) >= 11 is 0. The summed E-state index contributed by atoms with van der Waals surface area (Å²) in [7, 11) is 0. The number of hydrogen-bond donors (Lipinski definition) is 1. The lowest BCUT2D eigenvalue weighted by Gasteiger charge is -2.07. The summed E-state index contributed by atoms with van der Waals surface area (Å²) in [6.07, 6.45) is 4.82. The molecule has 0 unspecified atom stereocenters. The third-order valence-electron chi connectivity index (χ3n) is 1.98. The fraction of sp³-hybridized carbons (Fsp3) is 0.636. The molecule has 0 saturated heterocycles. The Morgan fingerprint density at radius 1 is 1.33 bits per heavy atom. The number of aromatic nitrogens is 2. The summed E-state index contributed by atoms with van der Waals surface area (Å²) < 4.78 is 5.46. The molecule has 1 heterocycles. The fourth-order valence-corrected chi connectivity index (χ4v) is 1.06. The Morgan fingerprint density at radius 2 is 2.00 bits per heavy atom. The van der Waals surface area contributed by atoms with E-state index in [1.807, 2.05) is 0 Å². The van der Waals surface area contributed by atoms with Gasteiger partial charge in [0.1, 0.15) is 5.82 Å². The van der Waals surface area contributed by atoms with Crippen molar-refractivity contribution in [1.82, 2.24) is 9.97 Å². The molecule has 0 bridgehead atoms. The van der Waals surface area contributed by atoms with Crippen LogP contribution in [0.15, 0.2) is 12.4 Å². The van der Waals surface area contributed by atoms with Crippen LogP contribution in [0.1, 0.15) is 26.1 Å². The van der Waals surface area contributed by atoms with Gasteiger partial charge in [-0.25, -0.2) is 9.97 Å². The monoisotopic (exact) mass is 210 g/mol. The second kappa shape index (κ2) is 6.35. The number of rotatable bonds is 6. The van der Waals surface area contributed by atoms with Crippen molar-refractivity contribution < 1.29 is 9.84 Å². The third kappa shape index (κ3) is 4.74. The highest BCUT2D eigenvalue weighted by Crippen LogP contribution is 2.08. The molecular weight excluding hydrogens is 192 g/mol. The van der Waals surface area contributed by atoms with Gasteiger partial charge in [0.05, 0.1) is 25.6 Å². The summed E-state index contributed by atoms with van der Waals surface area (Å²) in [6.45, 7) is 5.09. The van der Waals surface area contributed by atoms with E-state index in [2.05, 4.69) is 23.8 Å². The quantitative estimate of drug-likeness (QED) is 0.771. The molecule has 1 aromatic heterocycles. The summed E-state index contributed by atoms with van der Waals surface area (Å²) in [5.74, 6) is 1.98. The van der Waals surface area contributed by atoms with E-state index >= 15 is 0 Å². The van der Waals surface area contributed by atoms with E-state index in [-0.39, 0.29) is 6.61 Å². The number of ether oxygens (including phenoxy) is 1. The van der Waals surface area contributed by atoms with Crippen LogP contribution >= 0.6 is 0 Å². The van der Waals surface area contributed by atoms with E-state index in [0.29, 0.717) is 30.5 Å². The van der Waals surface area contributed by atoms with Gasteiger partial charge in [0.2, 0.25) is 0 Å². The number of hydrogen-bond acceptors (Lipinski definition) is 4. The van der Waals surface area contributed by atoms with E-state index in [1.165, 1.54) is 0 Å². The molecule has 0 radical (unpaired) electrons. The second-order valence-corrected chi connectivity index (χ2v) is 3.84. The molecule has 0 aromatic carbocycles. The van der Waals surface area contributed by atoms with Crippen molar-refractivity contribution in [3.8, 4) is 5.75 Å². The van der Waals surface area contributed by atoms with Gasteiger partial charge in [-0.1, -0.05) is 13.8 Å². The molecule has 1 N–H and O–H groups in total. The third-order valence-corrected chi connectivity index (χ3v) is 1.98. The Labute approximate surface area is 90.3 Å². The topological polar surface area (TPSA) is 55.2 Å². The van der Waals surface area contributed by atoms with E-state index in [4.69, 9.17) is 9.84 Å². The first kappa shape index (κ1) is 11.9. The number of aliphatic hydroxyl groups excluding tert-OH is 1. The lowest BCUT2D eigenvalue weighted by molar-refractivity contribution is 0.284. The first-order valence-corrected chi connectivity index (χ1v) is 5.27. The van der Waals surface area contributed by atoms with Gasteiger partial charge in [-0.05, 0) is 12.3 Å². The summed E-state index contributed by atoms with van der Waals surface area (Å²) in [5, 5.41) is 8.68. The van der Waals surface area contributed by atoms with Crippen molar-refractivity contribution in [3.63, 3.8) is 0 Å². The van der Waals surface area contributed by atoms with Crippen LogP contribution in [0.4, 0.5) is 0 Å². The molecule has 84 valence electrons. The summed E-state index contributed by atoms with van der Waals surface area (Å²) in [5.41, 5.74) is 0. The summed E-state index contributed by atoms with van der Waals surface area (Å²) in [6, 6.07) is 0. The van der Waals surface area contributed by atoms with Crippen LogP contribution in [0.25, 0.3) is 0 Å². The molecule has 0 amide bonds. The van der Waals surface area contributed by atoms with Crippen molar-refractivity contribution in [2.45, 2.75) is 26.7 Å². The van der Waals surface area contributed by atoms with Crippen molar-refractivity contribution in [3.05, 3.63) is 18.2 Å². The van der Waals surface area contributed by atoms with Crippen LogP contribution in [0, 0.1) is 5.92 Å². The molecule has 4 nitrogen and oxygen atoms in total. The predicted molar refractivity (Wildman–Crippen MR) is 57.8 cm³/mol. The maximum atomic E-state index is 8.68. The Morgan fingerprint density at radius 3 is 2.53 bits per heavy atom. The lowest BCUT2D eigenvalue weighted by Crippen LogP contribution is -2.03. The van der Waals surface area contributed by atoms with E-state index < -0.39 is 0 Å². The van der Waals surface area contributed by atoms with Gasteiger partial charge in [-0.15, -0.1) is 0 Å². The molecule has 0 aliphatic rings. The zero-order valence-electron chi connectivity index (χ0n) is 9.31. The summed E-state index contributed by atoms with van der Waals surface area (Å²) in [4.78, 5) is 8.14. The standard InChI is InChI=1S/C11H18N2O2/c1-9(2)4-6-15-10-7-12-11(3-5-14)13-8-10/h7-9,14H,3-6H2,1-2H3. The van der Waals surface area contributed by atoms with Crippen LogP contribution in [-0.2, 0) is 6.42 Å². The van der Waals surface area contributed by atoms with Crippen molar-refractivity contribution >= 4 is 0 Å². The van der Waals surface area contributed by atoms with Gasteiger partial charge in [0, 0.05) is 6.42 Å². The average molecular weight is 210 g/mol. The van der Waals surface area contributed by atoms with Crippen molar-refractivity contribution in [2.75, 3.05) is 13.2 Å². The largest absolute Gasteiger partial charge is 0.490 e. The highest BCUT2D eigenvalue weighted by molar-refractivity contribution is 5.12. The molecule has 0 fully saturated rings. The van der Waals surface area contributed by atoms with Gasteiger partial charge in [0.25, 0.3) is 0 Å². The van der Waals surface area contributed by atoms with Crippen molar-refractivity contribution in [2.24, 2.45) is 5.92 Å². The Hall–Kier alpha value is -1.16. The smallest absolute Gasteiger partial charge is 0.155 e. The fourth-order valence-electron chi connectivity index (χ4n) is 1.06. The second-order valence-electron chi connectivity index (χ2n) is 3.84. The maximum absolute atomic E-state index is 8.68. The average Bonchev–Trinajstić information content (AvgIpc) is 2.20. The van der Waals surface area contributed by atoms with Gasteiger partial charge in [-0.2, -0.15) is 0 Å². The van der Waals surface area contributed by atoms with Gasteiger partial charge < -0.3 is 9.84 Å². The Balaban J connectivity index is 2.36. The molecule has 0 spiro atoms. The van der Waals surface area contributed by atoms with E-state index in [9.17, 15) is 0 Å². The zero-order chi connectivity index (χ0) is 11.1. The molecule has 0 aliphatic heterocycles. The molecule has 0 aliphatic carbocycles. The van der Waals surface area contributed by atoms with Gasteiger partial charge >= 0.3 is 0 Å². The molecule has 0 atom stereocenters. The van der Waals surface area contributed by atoms with Crippen LogP contribution in [0.2, 0.25) is 0 Å². The van der Waals surface area contributed by atoms with Gasteiger partial charge in [0.15, 0.2) is 5.75 Å². The van der Waals surface area contributed by atoms with Crippen molar-refractivity contribution in [1.29, 1.82) is 0 Å². The molecule has 4 heteroatoms. The molecule has 15 heavy (non-hydrogen) atoms. The van der Waals surface area contributed by atoms with E-state index in [1.54, 1.807) is 12.4 Å².